The van der Waals surface area contributed by atoms with Crippen molar-refractivity contribution >= 4 is 44.0 Å². The molecule has 6 heteroatoms. The van der Waals surface area contributed by atoms with Crippen molar-refractivity contribution in [1.82, 2.24) is 0 Å². The highest BCUT2D eigenvalue weighted by Gasteiger charge is 2.09. The van der Waals surface area contributed by atoms with Gasteiger partial charge >= 0.3 is 0 Å². The topological polar surface area (TPSA) is 76.2 Å². The van der Waals surface area contributed by atoms with Gasteiger partial charge in [-0.1, -0.05) is 52.3 Å². The Hall–Kier alpha value is -3.95. The summed E-state index contributed by atoms with van der Waals surface area (Å²) in [6, 6.07) is 28.1. The number of hydrogen-bond acceptors (Lipinski definition) is 4. The molecule has 0 saturated heterocycles. The van der Waals surface area contributed by atoms with E-state index in [0.717, 1.165) is 31.9 Å². The Morgan fingerprint density at radius 3 is 2.47 bits per heavy atom. The number of nitro benzene ring substituents is 1. The van der Waals surface area contributed by atoms with Crippen LogP contribution in [-0.4, -0.2) is 4.92 Å². The third-order valence-corrected chi connectivity index (χ3v) is 5.49. The summed E-state index contributed by atoms with van der Waals surface area (Å²) in [5.41, 5.74) is 2.95. The van der Waals surface area contributed by atoms with E-state index in [1.165, 1.54) is 12.1 Å². The number of non-ortho nitro benzene ring substituents is 1. The summed E-state index contributed by atoms with van der Waals surface area (Å²) in [4.78, 5) is 10.4. The Labute approximate surface area is 193 Å². The molecule has 0 aliphatic heterocycles. The van der Waals surface area contributed by atoms with Gasteiger partial charge in [0.1, 0.15) is 12.4 Å². The van der Waals surface area contributed by atoms with Crippen LogP contribution in [0.3, 0.4) is 0 Å². The second-order valence-electron chi connectivity index (χ2n) is 7.13. The van der Waals surface area contributed by atoms with Crippen LogP contribution in [0.15, 0.2) is 89.4 Å². The second-order valence-corrected chi connectivity index (χ2v) is 8.04. The number of benzene rings is 4. The molecule has 0 heterocycles. The van der Waals surface area contributed by atoms with Gasteiger partial charge in [-0.25, -0.2) is 0 Å². The molecule has 0 amide bonds. The summed E-state index contributed by atoms with van der Waals surface area (Å²) in [6.45, 7) is 0.248. The molecule has 0 aliphatic rings. The summed E-state index contributed by atoms with van der Waals surface area (Å²) < 4.78 is 6.85. The smallest absolute Gasteiger partial charge is 0.269 e. The largest absolute Gasteiger partial charge is 0.488 e. The highest BCUT2D eigenvalue weighted by atomic mass is 79.9. The zero-order valence-electron chi connectivity index (χ0n) is 16.9. The standard InChI is InChI=1S/C26H17BrN2O3/c27-24-9-12-26(32-17-18-5-10-25(11-6-18)29(30)31)22(15-24)14-23(16-28)21-8-7-19-3-1-2-4-20(19)13-21/h1-15H,17H2/b23-14-. The zero-order chi connectivity index (χ0) is 22.5. The Bertz CT molecular complexity index is 1370. The van der Waals surface area contributed by atoms with Crippen LogP contribution < -0.4 is 4.74 Å². The fourth-order valence-electron chi connectivity index (χ4n) is 3.33. The van der Waals surface area contributed by atoms with Gasteiger partial charge in [0.05, 0.1) is 16.6 Å². The lowest BCUT2D eigenvalue weighted by Crippen LogP contribution is -1.98. The first kappa shape index (κ1) is 21.3. The van der Waals surface area contributed by atoms with Crippen LogP contribution >= 0.6 is 15.9 Å². The Morgan fingerprint density at radius 2 is 1.75 bits per heavy atom. The summed E-state index contributed by atoms with van der Waals surface area (Å²) in [7, 11) is 0. The van der Waals surface area contributed by atoms with Gasteiger partial charge in [0.15, 0.2) is 0 Å². The molecule has 0 aliphatic carbocycles. The van der Waals surface area contributed by atoms with E-state index in [0.29, 0.717) is 11.3 Å². The number of allylic oxidation sites excluding steroid dienone is 1. The number of hydrogen-bond donors (Lipinski definition) is 0. The van der Waals surface area contributed by atoms with E-state index in [9.17, 15) is 15.4 Å². The molecule has 156 valence electrons. The number of rotatable bonds is 6. The molecule has 4 aromatic rings. The Kier molecular flexibility index (Phi) is 6.29. The van der Waals surface area contributed by atoms with Crippen molar-refractivity contribution in [2.24, 2.45) is 0 Å². The number of fused-ring (bicyclic) bond motifs is 1. The number of nitrogens with zero attached hydrogens (tertiary/aromatic N) is 2. The van der Waals surface area contributed by atoms with Crippen LogP contribution in [-0.2, 0) is 6.61 Å². The van der Waals surface area contributed by atoms with Crippen molar-refractivity contribution in [2.75, 3.05) is 0 Å². The van der Waals surface area contributed by atoms with Crippen molar-refractivity contribution in [1.29, 1.82) is 5.26 Å². The molecule has 0 fully saturated rings. The molecule has 4 aromatic carbocycles. The Balaban J connectivity index is 1.63. The number of nitro groups is 1. The van der Waals surface area contributed by atoms with Gasteiger partial charge in [0.2, 0.25) is 0 Å². The molecule has 4 rings (SSSR count). The molecule has 0 aromatic heterocycles. The predicted octanol–water partition coefficient (Wildman–Crippen LogP) is 7.15. The molecular weight excluding hydrogens is 468 g/mol. The Morgan fingerprint density at radius 1 is 1.00 bits per heavy atom. The maximum atomic E-state index is 10.8. The molecule has 0 radical (unpaired) electrons. The molecule has 0 atom stereocenters. The van der Waals surface area contributed by atoms with E-state index in [-0.39, 0.29) is 12.3 Å². The van der Waals surface area contributed by atoms with Crippen molar-refractivity contribution in [2.45, 2.75) is 6.61 Å². The van der Waals surface area contributed by atoms with Gasteiger partial charge < -0.3 is 4.74 Å². The molecular formula is C26H17BrN2O3. The molecule has 5 nitrogen and oxygen atoms in total. The van der Waals surface area contributed by atoms with Crippen molar-refractivity contribution in [3.05, 3.63) is 116 Å². The molecule has 0 spiro atoms. The minimum Gasteiger partial charge on any atom is -0.488 e. The fourth-order valence-corrected chi connectivity index (χ4v) is 3.71. The lowest BCUT2D eigenvalue weighted by atomic mass is 10.00. The first-order chi connectivity index (χ1) is 15.5. The van der Waals surface area contributed by atoms with Gasteiger partial charge in [0, 0.05) is 22.2 Å². The number of ether oxygens (including phenoxy) is 1. The average Bonchev–Trinajstić information content (AvgIpc) is 2.82. The van der Waals surface area contributed by atoms with E-state index in [2.05, 4.69) is 22.0 Å². The van der Waals surface area contributed by atoms with Crippen LogP contribution in [0.1, 0.15) is 16.7 Å². The maximum Gasteiger partial charge on any atom is 0.269 e. The quantitative estimate of drug-likeness (QED) is 0.126. The van der Waals surface area contributed by atoms with Gasteiger partial charge in [-0.15, -0.1) is 0 Å². The molecule has 0 bridgehead atoms. The molecule has 32 heavy (non-hydrogen) atoms. The third-order valence-electron chi connectivity index (χ3n) is 4.99. The second kappa shape index (κ2) is 9.46. The lowest BCUT2D eigenvalue weighted by Gasteiger charge is -2.11. The van der Waals surface area contributed by atoms with E-state index in [4.69, 9.17) is 4.74 Å². The van der Waals surface area contributed by atoms with E-state index in [1.807, 2.05) is 60.7 Å². The highest BCUT2D eigenvalue weighted by Crippen LogP contribution is 2.29. The van der Waals surface area contributed by atoms with Crippen LogP contribution in [0.5, 0.6) is 5.75 Å². The zero-order valence-corrected chi connectivity index (χ0v) is 18.5. The summed E-state index contributed by atoms with van der Waals surface area (Å²) in [5.74, 6) is 0.611. The normalized spacial score (nSPS) is 11.2. The summed E-state index contributed by atoms with van der Waals surface area (Å²) >= 11 is 3.48. The monoisotopic (exact) mass is 484 g/mol. The highest BCUT2D eigenvalue weighted by molar-refractivity contribution is 9.10. The maximum absolute atomic E-state index is 10.8. The molecule has 0 saturated carbocycles. The van der Waals surface area contributed by atoms with Crippen LogP contribution in [0, 0.1) is 21.4 Å². The van der Waals surface area contributed by atoms with E-state index < -0.39 is 4.92 Å². The summed E-state index contributed by atoms with van der Waals surface area (Å²) in [6.07, 6.45) is 1.81. The van der Waals surface area contributed by atoms with Crippen LogP contribution in [0.2, 0.25) is 0 Å². The first-order valence-electron chi connectivity index (χ1n) is 9.80. The number of halogens is 1. The molecule has 0 unspecified atom stereocenters. The van der Waals surface area contributed by atoms with Gasteiger partial charge in [-0.3, -0.25) is 10.1 Å². The average molecular weight is 485 g/mol. The van der Waals surface area contributed by atoms with Crippen molar-refractivity contribution in [3.63, 3.8) is 0 Å². The van der Waals surface area contributed by atoms with E-state index >= 15 is 0 Å². The minimum atomic E-state index is -0.432. The first-order valence-corrected chi connectivity index (χ1v) is 10.6. The van der Waals surface area contributed by atoms with Gasteiger partial charge in [-0.2, -0.15) is 5.26 Å². The summed E-state index contributed by atoms with van der Waals surface area (Å²) in [5, 5.41) is 22.8. The van der Waals surface area contributed by atoms with Crippen molar-refractivity contribution < 1.29 is 9.66 Å². The van der Waals surface area contributed by atoms with E-state index in [1.54, 1.807) is 18.2 Å². The lowest BCUT2D eigenvalue weighted by molar-refractivity contribution is -0.384. The minimum absolute atomic E-state index is 0.0371. The van der Waals surface area contributed by atoms with Crippen molar-refractivity contribution in [3.8, 4) is 11.8 Å². The molecule has 0 N–H and O–H groups in total. The predicted molar refractivity (Wildman–Crippen MR) is 129 cm³/mol. The SMILES string of the molecule is N#C/C(=C/c1cc(Br)ccc1OCc1ccc([N+](=O)[O-])cc1)c1ccc2ccccc2c1. The third kappa shape index (κ3) is 4.85. The van der Waals surface area contributed by atoms with Gasteiger partial charge in [-0.05, 0) is 64.4 Å². The van der Waals surface area contributed by atoms with Crippen LogP contribution in [0.4, 0.5) is 5.69 Å². The van der Waals surface area contributed by atoms with Crippen LogP contribution in [0.25, 0.3) is 22.4 Å². The number of nitriles is 1. The van der Waals surface area contributed by atoms with Gasteiger partial charge in [0.25, 0.3) is 5.69 Å². The fraction of sp³-hybridized carbons (Fsp3) is 0.0385.